The summed E-state index contributed by atoms with van der Waals surface area (Å²) in [6.07, 6.45) is 0. The number of carbonyl (C=O) groups excluding carboxylic acids is 2. The largest absolute Gasteiger partial charge is 0.507 e. The molecular formula is C19H23N3O3. The summed E-state index contributed by atoms with van der Waals surface area (Å²) < 4.78 is 0. The van der Waals surface area contributed by atoms with Crippen LogP contribution in [-0.2, 0) is 11.3 Å². The molecule has 2 aromatic rings. The lowest BCUT2D eigenvalue weighted by Gasteiger charge is -2.19. The van der Waals surface area contributed by atoms with Gasteiger partial charge in [0.2, 0.25) is 5.91 Å². The van der Waals surface area contributed by atoms with Crippen molar-refractivity contribution in [2.24, 2.45) is 0 Å². The van der Waals surface area contributed by atoms with Gasteiger partial charge in [-0.15, -0.1) is 0 Å². The summed E-state index contributed by atoms with van der Waals surface area (Å²) in [6, 6.07) is 12.3. The molecule has 0 atom stereocenters. The Balaban J connectivity index is 2.15. The number of nitrogens with one attached hydrogen (secondary N) is 1. The monoisotopic (exact) mass is 341 g/mol. The molecule has 0 fully saturated rings. The highest BCUT2D eigenvalue weighted by atomic mass is 16.3. The SMILES string of the molecule is CC(=O)Nc1ccc(O)c(C(=O)N(C)Cc2ccc(N(C)C)cc2)c1. The molecule has 0 spiro atoms. The van der Waals surface area contributed by atoms with E-state index in [1.54, 1.807) is 13.1 Å². The Labute approximate surface area is 147 Å². The van der Waals surface area contributed by atoms with Gasteiger partial charge in [0.15, 0.2) is 0 Å². The van der Waals surface area contributed by atoms with Gasteiger partial charge >= 0.3 is 0 Å². The van der Waals surface area contributed by atoms with Gasteiger partial charge in [0.1, 0.15) is 5.75 Å². The highest BCUT2D eigenvalue weighted by molar-refractivity contribution is 5.99. The van der Waals surface area contributed by atoms with Crippen molar-refractivity contribution in [3.63, 3.8) is 0 Å². The number of rotatable bonds is 5. The molecule has 132 valence electrons. The van der Waals surface area contributed by atoms with E-state index in [-0.39, 0.29) is 23.1 Å². The minimum absolute atomic E-state index is 0.117. The minimum Gasteiger partial charge on any atom is -0.507 e. The van der Waals surface area contributed by atoms with E-state index in [9.17, 15) is 14.7 Å². The van der Waals surface area contributed by atoms with Crippen LogP contribution in [0.2, 0.25) is 0 Å². The van der Waals surface area contributed by atoms with E-state index >= 15 is 0 Å². The first kappa shape index (κ1) is 18.3. The second-order valence-electron chi connectivity index (χ2n) is 6.14. The van der Waals surface area contributed by atoms with Gasteiger partial charge in [0.25, 0.3) is 5.91 Å². The van der Waals surface area contributed by atoms with Crippen LogP contribution < -0.4 is 10.2 Å². The van der Waals surface area contributed by atoms with Crippen LogP contribution in [0.1, 0.15) is 22.8 Å². The maximum Gasteiger partial charge on any atom is 0.257 e. The number of hydrogen-bond donors (Lipinski definition) is 2. The van der Waals surface area contributed by atoms with Crippen molar-refractivity contribution in [2.75, 3.05) is 31.4 Å². The molecule has 2 aromatic carbocycles. The van der Waals surface area contributed by atoms with Crippen molar-refractivity contribution in [1.82, 2.24) is 4.90 Å². The zero-order valence-corrected chi connectivity index (χ0v) is 14.9. The highest BCUT2D eigenvalue weighted by Gasteiger charge is 2.17. The summed E-state index contributed by atoms with van der Waals surface area (Å²) in [5, 5.41) is 12.6. The third kappa shape index (κ3) is 4.73. The van der Waals surface area contributed by atoms with Crippen molar-refractivity contribution < 1.29 is 14.7 Å². The number of phenols is 1. The zero-order chi connectivity index (χ0) is 18.6. The summed E-state index contributed by atoms with van der Waals surface area (Å²) >= 11 is 0. The second kappa shape index (κ2) is 7.70. The van der Waals surface area contributed by atoms with Crippen LogP contribution in [0.25, 0.3) is 0 Å². The molecule has 0 saturated carbocycles. The van der Waals surface area contributed by atoms with Crippen molar-refractivity contribution in [1.29, 1.82) is 0 Å². The zero-order valence-electron chi connectivity index (χ0n) is 14.9. The van der Waals surface area contributed by atoms with Gasteiger partial charge in [-0.05, 0) is 35.9 Å². The molecule has 25 heavy (non-hydrogen) atoms. The number of nitrogens with zero attached hydrogens (tertiary/aromatic N) is 2. The Kier molecular flexibility index (Phi) is 5.64. The summed E-state index contributed by atoms with van der Waals surface area (Å²) in [6.45, 7) is 1.80. The van der Waals surface area contributed by atoms with Crippen molar-refractivity contribution in [2.45, 2.75) is 13.5 Å². The first-order valence-corrected chi connectivity index (χ1v) is 7.90. The lowest BCUT2D eigenvalue weighted by Crippen LogP contribution is -2.26. The molecule has 0 aliphatic rings. The molecule has 0 bridgehead atoms. The van der Waals surface area contributed by atoms with Gasteiger partial charge in [-0.1, -0.05) is 12.1 Å². The van der Waals surface area contributed by atoms with E-state index in [0.717, 1.165) is 11.3 Å². The minimum atomic E-state index is -0.318. The van der Waals surface area contributed by atoms with Crippen LogP contribution in [0.4, 0.5) is 11.4 Å². The number of aromatic hydroxyl groups is 1. The molecule has 2 amide bonds. The van der Waals surface area contributed by atoms with Gasteiger partial charge < -0.3 is 20.2 Å². The lowest BCUT2D eigenvalue weighted by molar-refractivity contribution is -0.114. The number of carbonyl (C=O) groups is 2. The van der Waals surface area contributed by atoms with Gasteiger partial charge in [-0.3, -0.25) is 9.59 Å². The van der Waals surface area contributed by atoms with E-state index in [4.69, 9.17) is 0 Å². The fourth-order valence-electron chi connectivity index (χ4n) is 2.44. The maximum absolute atomic E-state index is 12.6. The molecule has 0 aliphatic carbocycles. The van der Waals surface area contributed by atoms with Gasteiger partial charge in [0, 0.05) is 46.0 Å². The predicted molar refractivity (Wildman–Crippen MR) is 99.0 cm³/mol. The van der Waals surface area contributed by atoms with E-state index < -0.39 is 0 Å². The quantitative estimate of drug-likeness (QED) is 0.820. The Morgan fingerprint density at radius 2 is 1.68 bits per heavy atom. The molecule has 0 heterocycles. The van der Waals surface area contributed by atoms with E-state index in [1.807, 2.05) is 43.3 Å². The Morgan fingerprint density at radius 3 is 2.24 bits per heavy atom. The van der Waals surface area contributed by atoms with E-state index in [2.05, 4.69) is 5.32 Å². The van der Waals surface area contributed by atoms with Crippen LogP contribution in [0.5, 0.6) is 5.75 Å². The number of hydrogen-bond acceptors (Lipinski definition) is 4. The fourth-order valence-corrected chi connectivity index (χ4v) is 2.44. The Hall–Kier alpha value is -3.02. The fraction of sp³-hybridized carbons (Fsp3) is 0.263. The summed E-state index contributed by atoms with van der Waals surface area (Å²) in [5.74, 6) is -0.672. The normalized spacial score (nSPS) is 10.2. The molecule has 0 radical (unpaired) electrons. The Morgan fingerprint density at radius 1 is 1.04 bits per heavy atom. The van der Waals surface area contributed by atoms with Gasteiger partial charge in [-0.2, -0.15) is 0 Å². The van der Waals surface area contributed by atoms with Crippen molar-refractivity contribution >= 4 is 23.2 Å². The Bertz CT molecular complexity index is 770. The van der Waals surface area contributed by atoms with Crippen LogP contribution in [0.15, 0.2) is 42.5 Å². The summed E-state index contributed by atoms with van der Waals surface area (Å²) in [5.41, 5.74) is 2.69. The standard InChI is InChI=1S/C19H23N3O3/c1-13(23)20-15-7-10-18(24)17(11-15)19(25)22(4)12-14-5-8-16(9-6-14)21(2)3/h5-11,24H,12H2,1-4H3,(H,20,23). The molecule has 0 aromatic heterocycles. The van der Waals surface area contributed by atoms with E-state index in [0.29, 0.717) is 12.2 Å². The number of benzene rings is 2. The number of anilines is 2. The van der Waals surface area contributed by atoms with Gasteiger partial charge in [-0.25, -0.2) is 0 Å². The third-order valence-corrected chi connectivity index (χ3v) is 3.77. The average Bonchev–Trinajstić information content (AvgIpc) is 2.56. The van der Waals surface area contributed by atoms with Crippen molar-refractivity contribution in [3.05, 3.63) is 53.6 Å². The topological polar surface area (TPSA) is 72.9 Å². The maximum atomic E-state index is 12.6. The van der Waals surface area contributed by atoms with Crippen LogP contribution in [0, 0.1) is 0 Å². The molecule has 0 aliphatic heterocycles. The first-order chi connectivity index (χ1) is 11.8. The van der Waals surface area contributed by atoms with Crippen LogP contribution in [-0.4, -0.2) is 43.0 Å². The molecule has 6 heteroatoms. The lowest BCUT2D eigenvalue weighted by atomic mass is 10.1. The van der Waals surface area contributed by atoms with Crippen LogP contribution >= 0.6 is 0 Å². The molecule has 6 nitrogen and oxygen atoms in total. The molecule has 2 rings (SSSR count). The number of phenolic OH excluding ortho intramolecular Hbond substituents is 1. The summed E-state index contributed by atoms with van der Waals surface area (Å²) in [7, 11) is 5.61. The average molecular weight is 341 g/mol. The highest BCUT2D eigenvalue weighted by Crippen LogP contribution is 2.23. The second-order valence-corrected chi connectivity index (χ2v) is 6.14. The first-order valence-electron chi connectivity index (χ1n) is 7.90. The summed E-state index contributed by atoms with van der Waals surface area (Å²) in [4.78, 5) is 27.3. The van der Waals surface area contributed by atoms with Gasteiger partial charge in [0.05, 0.1) is 5.56 Å². The van der Waals surface area contributed by atoms with Crippen molar-refractivity contribution in [3.8, 4) is 5.75 Å². The predicted octanol–water partition coefficient (Wildman–Crippen LogP) is 2.69. The van der Waals surface area contributed by atoms with Crippen LogP contribution in [0.3, 0.4) is 0 Å². The smallest absolute Gasteiger partial charge is 0.257 e. The number of amides is 2. The third-order valence-electron chi connectivity index (χ3n) is 3.77. The van der Waals surface area contributed by atoms with E-state index in [1.165, 1.54) is 24.0 Å². The molecule has 0 unspecified atom stereocenters. The molecule has 0 saturated heterocycles. The molecule has 2 N–H and O–H groups in total. The molecular weight excluding hydrogens is 318 g/mol.